The molecule has 0 aliphatic rings. The predicted molar refractivity (Wildman–Crippen MR) is 84.4 cm³/mol. The fourth-order valence-corrected chi connectivity index (χ4v) is 2.42. The molecule has 4 nitrogen and oxygen atoms in total. The van der Waals surface area contributed by atoms with Crippen LogP contribution in [0.4, 0.5) is 0 Å². The van der Waals surface area contributed by atoms with E-state index in [2.05, 4.69) is 24.3 Å². The van der Waals surface area contributed by atoms with E-state index in [0.29, 0.717) is 6.42 Å². The van der Waals surface area contributed by atoms with Crippen molar-refractivity contribution in [1.29, 1.82) is 0 Å². The Balaban J connectivity index is 2.16. The third kappa shape index (κ3) is 4.58. The fraction of sp³-hybridized carbons (Fsp3) is 0.333. The molecule has 0 unspecified atom stereocenters. The number of benzene rings is 2. The second-order valence-corrected chi connectivity index (χ2v) is 5.31. The summed E-state index contributed by atoms with van der Waals surface area (Å²) >= 11 is 0. The number of carbonyl (C=O) groups excluding carboxylic acids is 2. The highest BCUT2D eigenvalue weighted by Crippen LogP contribution is 2.21. The van der Waals surface area contributed by atoms with Gasteiger partial charge >= 0.3 is 11.9 Å². The Bertz CT molecular complexity index is 640. The monoisotopic (exact) mass is 300 g/mol. The zero-order valence-electron chi connectivity index (χ0n) is 12.9. The normalized spacial score (nSPS) is 10.7. The van der Waals surface area contributed by atoms with E-state index in [1.54, 1.807) is 0 Å². The molecule has 0 aromatic heterocycles. The molecule has 2 aromatic rings. The molecule has 0 N–H and O–H groups in total. The summed E-state index contributed by atoms with van der Waals surface area (Å²) in [6.07, 6.45) is 0.682. The molecule has 0 aliphatic heterocycles. The zero-order chi connectivity index (χ0) is 15.9. The summed E-state index contributed by atoms with van der Waals surface area (Å²) in [6.45, 7) is 3.24. The molecule has 0 saturated heterocycles. The maximum atomic E-state index is 11.0. The van der Waals surface area contributed by atoms with Gasteiger partial charge in [0.25, 0.3) is 0 Å². The molecule has 0 heterocycles. The summed E-state index contributed by atoms with van der Waals surface area (Å²) in [5.41, 5.74) is 1.16. The molecule has 2 aromatic carbocycles. The molecule has 0 saturated carbocycles. The van der Waals surface area contributed by atoms with E-state index in [0.717, 1.165) is 5.56 Å². The number of carbonyl (C=O) groups is 2. The highest BCUT2D eigenvalue weighted by Gasteiger charge is 2.15. The molecule has 116 valence electrons. The van der Waals surface area contributed by atoms with Crippen LogP contribution in [-0.2, 0) is 25.5 Å². The van der Waals surface area contributed by atoms with Crippen LogP contribution in [0.25, 0.3) is 10.8 Å². The highest BCUT2D eigenvalue weighted by atomic mass is 16.5. The molecular formula is C18H20O4. The third-order valence-electron chi connectivity index (χ3n) is 3.43. The summed E-state index contributed by atoms with van der Waals surface area (Å²) in [4.78, 5) is 22.0. The van der Waals surface area contributed by atoms with Crippen molar-refractivity contribution in [2.75, 3.05) is 13.2 Å². The lowest BCUT2D eigenvalue weighted by atomic mass is 9.95. The second-order valence-electron chi connectivity index (χ2n) is 5.31. The number of rotatable bonds is 6. The first kappa shape index (κ1) is 16.0. The minimum Gasteiger partial charge on any atom is -0.465 e. The molecule has 0 amide bonds. The van der Waals surface area contributed by atoms with Crippen LogP contribution in [0.1, 0.15) is 19.4 Å². The van der Waals surface area contributed by atoms with Gasteiger partial charge in [0.2, 0.25) is 0 Å². The van der Waals surface area contributed by atoms with E-state index in [-0.39, 0.29) is 31.1 Å². The Kier molecular flexibility index (Phi) is 5.53. The van der Waals surface area contributed by atoms with Crippen LogP contribution in [0.15, 0.2) is 42.5 Å². The van der Waals surface area contributed by atoms with Gasteiger partial charge in [-0.3, -0.25) is 9.59 Å². The summed E-state index contributed by atoms with van der Waals surface area (Å²) in [5, 5.41) is 2.33. The number of ether oxygens (including phenoxy) is 2. The quantitative estimate of drug-likeness (QED) is 0.769. The Morgan fingerprint density at radius 3 is 2.14 bits per heavy atom. The van der Waals surface area contributed by atoms with Crippen molar-refractivity contribution in [2.24, 2.45) is 5.92 Å². The highest BCUT2D eigenvalue weighted by molar-refractivity contribution is 5.85. The predicted octanol–water partition coefficient (Wildman–Crippen LogP) is 3.12. The summed E-state index contributed by atoms with van der Waals surface area (Å²) in [6, 6.07) is 14.3. The minimum absolute atomic E-state index is 0.0568. The van der Waals surface area contributed by atoms with Crippen molar-refractivity contribution in [1.82, 2.24) is 0 Å². The first-order valence-corrected chi connectivity index (χ1v) is 7.29. The van der Waals surface area contributed by atoms with Gasteiger partial charge in [-0.2, -0.15) is 0 Å². The third-order valence-corrected chi connectivity index (χ3v) is 3.43. The molecule has 22 heavy (non-hydrogen) atoms. The van der Waals surface area contributed by atoms with Gasteiger partial charge < -0.3 is 9.47 Å². The van der Waals surface area contributed by atoms with Gasteiger partial charge in [0.1, 0.15) is 0 Å². The lowest BCUT2D eigenvalue weighted by Crippen LogP contribution is -2.21. The molecule has 0 radical (unpaired) electrons. The van der Waals surface area contributed by atoms with Crippen molar-refractivity contribution in [3.8, 4) is 0 Å². The standard InChI is InChI=1S/C18H20O4/c1-13(19)21-11-15(12-22-14(2)20)10-17-8-5-7-16-6-3-4-9-18(16)17/h3-9,15H,10-12H2,1-2H3. The van der Waals surface area contributed by atoms with Crippen LogP contribution >= 0.6 is 0 Å². The molecule has 4 heteroatoms. The molecule has 0 aliphatic carbocycles. The Morgan fingerprint density at radius 2 is 1.50 bits per heavy atom. The van der Waals surface area contributed by atoms with Crippen LogP contribution in [-0.4, -0.2) is 25.2 Å². The van der Waals surface area contributed by atoms with Crippen molar-refractivity contribution in [3.05, 3.63) is 48.0 Å². The Morgan fingerprint density at radius 1 is 0.909 bits per heavy atom. The maximum absolute atomic E-state index is 11.0. The van der Waals surface area contributed by atoms with Gasteiger partial charge in [-0.25, -0.2) is 0 Å². The van der Waals surface area contributed by atoms with E-state index in [1.807, 2.05) is 18.2 Å². The van der Waals surface area contributed by atoms with Gasteiger partial charge in [-0.05, 0) is 22.8 Å². The van der Waals surface area contributed by atoms with Crippen molar-refractivity contribution < 1.29 is 19.1 Å². The largest absolute Gasteiger partial charge is 0.465 e. The van der Waals surface area contributed by atoms with E-state index in [1.165, 1.54) is 24.6 Å². The first-order chi connectivity index (χ1) is 10.6. The lowest BCUT2D eigenvalue weighted by molar-refractivity contribution is -0.146. The topological polar surface area (TPSA) is 52.6 Å². The molecule has 0 atom stereocenters. The van der Waals surface area contributed by atoms with Crippen LogP contribution in [0, 0.1) is 5.92 Å². The van der Waals surface area contributed by atoms with E-state index < -0.39 is 0 Å². The van der Waals surface area contributed by atoms with Gasteiger partial charge in [0.05, 0.1) is 13.2 Å². The smallest absolute Gasteiger partial charge is 0.302 e. The molecular weight excluding hydrogens is 280 g/mol. The average Bonchev–Trinajstić information content (AvgIpc) is 2.50. The van der Waals surface area contributed by atoms with Crippen LogP contribution < -0.4 is 0 Å². The minimum atomic E-state index is -0.328. The molecule has 0 fully saturated rings. The summed E-state index contributed by atoms with van der Waals surface area (Å²) in [7, 11) is 0. The van der Waals surface area contributed by atoms with E-state index in [9.17, 15) is 9.59 Å². The molecule has 0 bridgehead atoms. The Labute approximate surface area is 130 Å². The van der Waals surface area contributed by atoms with Crippen LogP contribution in [0.3, 0.4) is 0 Å². The van der Waals surface area contributed by atoms with Gasteiger partial charge in [-0.15, -0.1) is 0 Å². The average molecular weight is 300 g/mol. The number of hydrogen-bond acceptors (Lipinski definition) is 4. The molecule has 2 rings (SSSR count). The summed E-state index contributed by atoms with van der Waals surface area (Å²) < 4.78 is 10.2. The summed E-state index contributed by atoms with van der Waals surface area (Å²) in [5.74, 6) is -0.713. The van der Waals surface area contributed by atoms with Crippen LogP contribution in [0.5, 0.6) is 0 Å². The van der Waals surface area contributed by atoms with Crippen LogP contribution in [0.2, 0.25) is 0 Å². The van der Waals surface area contributed by atoms with E-state index in [4.69, 9.17) is 9.47 Å². The zero-order valence-corrected chi connectivity index (χ0v) is 12.9. The first-order valence-electron chi connectivity index (χ1n) is 7.29. The number of hydrogen-bond donors (Lipinski definition) is 0. The maximum Gasteiger partial charge on any atom is 0.302 e. The second kappa shape index (κ2) is 7.59. The van der Waals surface area contributed by atoms with Crippen molar-refractivity contribution in [3.63, 3.8) is 0 Å². The SMILES string of the molecule is CC(=O)OCC(COC(C)=O)Cc1cccc2ccccc12. The fourth-order valence-electron chi connectivity index (χ4n) is 2.42. The van der Waals surface area contributed by atoms with Crippen molar-refractivity contribution >= 4 is 22.7 Å². The Hall–Kier alpha value is -2.36. The molecule has 0 spiro atoms. The lowest BCUT2D eigenvalue weighted by Gasteiger charge is -2.17. The van der Waals surface area contributed by atoms with Crippen molar-refractivity contribution in [2.45, 2.75) is 20.3 Å². The van der Waals surface area contributed by atoms with Gasteiger partial charge in [-0.1, -0.05) is 42.5 Å². The van der Waals surface area contributed by atoms with E-state index >= 15 is 0 Å². The number of esters is 2. The van der Waals surface area contributed by atoms with Gasteiger partial charge in [0, 0.05) is 19.8 Å². The van der Waals surface area contributed by atoms with Gasteiger partial charge in [0.15, 0.2) is 0 Å². The number of fused-ring (bicyclic) bond motifs is 1.